The maximum Gasteiger partial charge on any atom is 0.295 e. The summed E-state index contributed by atoms with van der Waals surface area (Å²) in [6, 6.07) is 7.46. The van der Waals surface area contributed by atoms with Crippen molar-refractivity contribution in [2.45, 2.75) is 30.8 Å². The van der Waals surface area contributed by atoms with Crippen LogP contribution in [0.1, 0.15) is 30.7 Å². The van der Waals surface area contributed by atoms with Gasteiger partial charge in [-0.2, -0.15) is 0 Å². The Morgan fingerprint density at radius 2 is 2.10 bits per heavy atom. The number of halogens is 2. The molecule has 0 spiro atoms. The lowest BCUT2D eigenvalue weighted by molar-refractivity contribution is -0.117. The molecule has 30 heavy (non-hydrogen) atoms. The highest BCUT2D eigenvalue weighted by atomic mass is 32.2. The molecule has 2 aromatic heterocycles. The molecule has 3 N–H and O–H groups in total. The summed E-state index contributed by atoms with van der Waals surface area (Å²) in [4.78, 5) is 23.9. The Labute approximate surface area is 176 Å². The number of carbonyl (C=O) groups is 1. The number of hydrogen-bond acceptors (Lipinski definition) is 6. The molecule has 0 radical (unpaired) electrons. The number of anilines is 3. The zero-order chi connectivity index (χ0) is 21.3. The Balaban J connectivity index is 1.73. The minimum absolute atomic E-state index is 0.00821. The second-order valence-corrected chi connectivity index (χ2v) is 7.88. The van der Waals surface area contributed by atoms with Crippen molar-refractivity contribution >= 4 is 46.0 Å². The number of thioether (sulfide) groups is 1. The van der Waals surface area contributed by atoms with E-state index in [1.54, 1.807) is 24.9 Å². The molecule has 1 aliphatic carbocycles. The van der Waals surface area contributed by atoms with E-state index in [2.05, 4.69) is 25.6 Å². The summed E-state index contributed by atoms with van der Waals surface area (Å²) in [5.74, 6) is -0.319. The molecule has 158 valence electrons. The molecule has 0 atom stereocenters. The van der Waals surface area contributed by atoms with E-state index < -0.39 is 12.2 Å². The number of carbonyl (C=O) groups excluding carboxylic acids is 1. The van der Waals surface area contributed by atoms with Gasteiger partial charge in [-0.15, -0.1) is 11.8 Å². The van der Waals surface area contributed by atoms with Crippen molar-refractivity contribution in [1.29, 1.82) is 0 Å². The number of pyridine rings is 1. The third kappa shape index (κ3) is 4.39. The van der Waals surface area contributed by atoms with Gasteiger partial charge in [0, 0.05) is 24.0 Å². The third-order valence-corrected chi connectivity index (χ3v) is 5.51. The number of nitrogens with zero attached hydrogens (tertiary/aromatic N) is 2. The van der Waals surface area contributed by atoms with Gasteiger partial charge in [0.05, 0.1) is 18.0 Å². The first-order chi connectivity index (χ1) is 14.5. The van der Waals surface area contributed by atoms with Gasteiger partial charge in [0.15, 0.2) is 11.5 Å². The molecule has 0 saturated heterocycles. The van der Waals surface area contributed by atoms with Crippen LogP contribution in [0.25, 0.3) is 11.2 Å². The van der Waals surface area contributed by atoms with E-state index in [0.29, 0.717) is 17.8 Å². The lowest BCUT2D eigenvalue weighted by Gasteiger charge is -2.14. The molecular weight excluding hydrogens is 412 g/mol. The van der Waals surface area contributed by atoms with E-state index in [0.717, 1.165) is 29.0 Å². The largest absolute Gasteiger partial charge is 0.380 e. The van der Waals surface area contributed by atoms with Gasteiger partial charge in [0.25, 0.3) is 6.43 Å². The number of fused-ring (bicyclic) bond motifs is 1. The predicted octanol–water partition coefficient (Wildman–Crippen LogP) is 4.86. The highest BCUT2D eigenvalue weighted by molar-refractivity contribution is 7.98. The zero-order valence-corrected chi connectivity index (χ0v) is 17.3. The SMILES string of the molecule is COCc1ccc(Nc2cc(NC(=O)C3CC3)nc3nc(C(F)F)[nH]c23)c(SC)c1. The number of hydrogen-bond donors (Lipinski definition) is 3. The fraction of sp³-hybridized carbons (Fsp3) is 0.350. The average molecular weight is 433 g/mol. The van der Waals surface area contributed by atoms with Crippen molar-refractivity contribution in [3.63, 3.8) is 0 Å². The van der Waals surface area contributed by atoms with Gasteiger partial charge in [0.2, 0.25) is 5.91 Å². The number of alkyl halides is 2. The van der Waals surface area contributed by atoms with Crippen LogP contribution in [0.5, 0.6) is 0 Å². The molecule has 0 unspecified atom stereocenters. The molecule has 10 heteroatoms. The van der Waals surface area contributed by atoms with Crippen LogP contribution in [0.4, 0.5) is 26.0 Å². The predicted molar refractivity (Wildman–Crippen MR) is 112 cm³/mol. The van der Waals surface area contributed by atoms with Crippen LogP contribution in [0.3, 0.4) is 0 Å². The first kappa shape index (κ1) is 20.5. The van der Waals surface area contributed by atoms with E-state index in [9.17, 15) is 13.6 Å². The number of aromatic nitrogens is 3. The van der Waals surface area contributed by atoms with Crippen molar-refractivity contribution in [2.75, 3.05) is 24.0 Å². The molecule has 1 aromatic carbocycles. The van der Waals surface area contributed by atoms with Crippen molar-refractivity contribution in [1.82, 2.24) is 15.0 Å². The Morgan fingerprint density at radius 3 is 2.77 bits per heavy atom. The van der Waals surface area contributed by atoms with Crippen LogP contribution >= 0.6 is 11.8 Å². The number of rotatable bonds is 8. The summed E-state index contributed by atoms with van der Waals surface area (Å²) >= 11 is 1.55. The molecular formula is C20H21F2N5O2S. The van der Waals surface area contributed by atoms with Gasteiger partial charge in [-0.25, -0.2) is 18.7 Å². The molecule has 0 bridgehead atoms. The zero-order valence-electron chi connectivity index (χ0n) is 16.5. The molecule has 1 amide bonds. The van der Waals surface area contributed by atoms with Crippen LogP contribution in [-0.4, -0.2) is 34.2 Å². The van der Waals surface area contributed by atoms with Gasteiger partial charge >= 0.3 is 0 Å². The highest BCUT2D eigenvalue weighted by Crippen LogP contribution is 2.35. The lowest BCUT2D eigenvalue weighted by Crippen LogP contribution is -2.14. The molecule has 1 saturated carbocycles. The van der Waals surface area contributed by atoms with Crippen LogP contribution < -0.4 is 10.6 Å². The molecule has 2 heterocycles. The fourth-order valence-electron chi connectivity index (χ4n) is 3.09. The summed E-state index contributed by atoms with van der Waals surface area (Å²) in [6.07, 6.45) is 0.891. The highest BCUT2D eigenvalue weighted by Gasteiger charge is 2.30. The molecule has 1 aliphatic rings. The Hall–Kier alpha value is -2.72. The van der Waals surface area contributed by atoms with E-state index in [4.69, 9.17) is 4.74 Å². The second-order valence-electron chi connectivity index (χ2n) is 7.03. The summed E-state index contributed by atoms with van der Waals surface area (Å²) in [5, 5.41) is 6.04. The molecule has 4 rings (SSSR count). The maximum atomic E-state index is 13.2. The Kier molecular flexibility index (Phi) is 5.87. The standard InChI is InChI=1S/C20H21F2N5O2S/c1-29-9-10-3-6-12(14(7-10)30-2)23-13-8-15(25-20(28)11-4-5-11)24-18-16(13)26-19(27-18)17(21)22/h3,6-8,11,17H,4-5,9H2,1-2H3,(H3,23,24,25,26,27,28). The minimum Gasteiger partial charge on any atom is -0.380 e. The van der Waals surface area contributed by atoms with Gasteiger partial charge in [-0.1, -0.05) is 6.07 Å². The number of nitrogens with one attached hydrogen (secondary N) is 3. The lowest BCUT2D eigenvalue weighted by atomic mass is 10.2. The Bertz CT molecular complexity index is 1080. The number of imidazole rings is 1. The summed E-state index contributed by atoms with van der Waals surface area (Å²) < 4.78 is 31.6. The summed E-state index contributed by atoms with van der Waals surface area (Å²) in [6.45, 7) is 0.489. The van der Waals surface area contributed by atoms with Crippen molar-refractivity contribution < 1.29 is 18.3 Å². The number of aromatic amines is 1. The Morgan fingerprint density at radius 1 is 1.30 bits per heavy atom. The number of amides is 1. The first-order valence-corrected chi connectivity index (χ1v) is 10.6. The van der Waals surface area contributed by atoms with Gasteiger partial charge in [0.1, 0.15) is 11.3 Å². The van der Waals surface area contributed by atoms with E-state index in [-0.39, 0.29) is 23.3 Å². The third-order valence-electron chi connectivity index (χ3n) is 4.73. The van der Waals surface area contributed by atoms with Crippen molar-refractivity contribution in [2.24, 2.45) is 5.92 Å². The average Bonchev–Trinajstić information content (AvgIpc) is 3.48. The smallest absolute Gasteiger partial charge is 0.295 e. The number of ether oxygens (including phenoxy) is 1. The molecule has 7 nitrogen and oxygen atoms in total. The van der Waals surface area contributed by atoms with E-state index in [1.807, 2.05) is 24.5 Å². The van der Waals surface area contributed by atoms with E-state index >= 15 is 0 Å². The van der Waals surface area contributed by atoms with Gasteiger partial charge < -0.3 is 20.4 Å². The number of benzene rings is 1. The molecule has 1 fully saturated rings. The summed E-state index contributed by atoms with van der Waals surface area (Å²) in [7, 11) is 1.63. The molecule has 0 aliphatic heterocycles. The quantitative estimate of drug-likeness (QED) is 0.440. The summed E-state index contributed by atoms with van der Waals surface area (Å²) in [5.41, 5.74) is 2.78. The van der Waals surface area contributed by atoms with Gasteiger partial charge in [-0.05, 0) is 36.8 Å². The molecule has 3 aromatic rings. The fourth-order valence-corrected chi connectivity index (χ4v) is 3.69. The van der Waals surface area contributed by atoms with Crippen molar-refractivity contribution in [3.05, 3.63) is 35.7 Å². The maximum absolute atomic E-state index is 13.2. The van der Waals surface area contributed by atoms with Crippen molar-refractivity contribution in [3.8, 4) is 0 Å². The normalized spacial score (nSPS) is 13.8. The van der Waals surface area contributed by atoms with Crippen LogP contribution in [0.15, 0.2) is 29.2 Å². The topological polar surface area (TPSA) is 91.9 Å². The number of H-pyrrole nitrogens is 1. The second kappa shape index (κ2) is 8.57. The van der Waals surface area contributed by atoms with Gasteiger partial charge in [-0.3, -0.25) is 4.79 Å². The monoisotopic (exact) mass is 433 g/mol. The van der Waals surface area contributed by atoms with Crippen LogP contribution in [-0.2, 0) is 16.1 Å². The first-order valence-electron chi connectivity index (χ1n) is 9.41. The minimum atomic E-state index is -2.76. The van der Waals surface area contributed by atoms with Crippen LogP contribution in [0, 0.1) is 5.92 Å². The van der Waals surface area contributed by atoms with E-state index in [1.165, 1.54) is 0 Å². The van der Waals surface area contributed by atoms with Crippen LogP contribution in [0.2, 0.25) is 0 Å². The number of methoxy groups -OCH3 is 1.